The molecule has 0 atom stereocenters. The number of benzene rings is 2. The fourth-order valence-corrected chi connectivity index (χ4v) is 4.85. The highest BCUT2D eigenvalue weighted by Gasteiger charge is 2.26. The summed E-state index contributed by atoms with van der Waals surface area (Å²) in [6.45, 7) is 4.49. The molecular formula is C29H30N6. The van der Waals surface area contributed by atoms with E-state index < -0.39 is 0 Å². The van der Waals surface area contributed by atoms with E-state index in [1.807, 2.05) is 49.1 Å². The zero-order valence-electron chi connectivity index (χ0n) is 19.9. The SMILES string of the molecule is N#Cc1ccc(Cn2cncc2CN(Cc2ccccn2)C2CCN(c3ccccc3)CC2)cc1. The van der Waals surface area contributed by atoms with Gasteiger partial charge in [-0.3, -0.25) is 9.88 Å². The lowest BCUT2D eigenvalue weighted by Gasteiger charge is -2.39. The van der Waals surface area contributed by atoms with Crippen LogP contribution in [0.5, 0.6) is 0 Å². The summed E-state index contributed by atoms with van der Waals surface area (Å²) in [5.41, 5.74) is 5.44. The summed E-state index contributed by atoms with van der Waals surface area (Å²) >= 11 is 0. The minimum Gasteiger partial charge on any atom is -0.371 e. The van der Waals surface area contributed by atoms with Crippen molar-refractivity contribution in [3.05, 3.63) is 114 Å². The molecule has 35 heavy (non-hydrogen) atoms. The first-order chi connectivity index (χ1) is 17.3. The van der Waals surface area contributed by atoms with E-state index in [4.69, 9.17) is 5.26 Å². The molecule has 0 bridgehead atoms. The van der Waals surface area contributed by atoms with Gasteiger partial charge in [0.05, 0.1) is 29.3 Å². The normalized spacial score (nSPS) is 14.2. The van der Waals surface area contributed by atoms with Gasteiger partial charge in [0.15, 0.2) is 0 Å². The first kappa shape index (κ1) is 22.8. The molecule has 6 nitrogen and oxygen atoms in total. The fraction of sp³-hybridized carbons (Fsp3) is 0.276. The first-order valence-electron chi connectivity index (χ1n) is 12.2. The molecule has 0 spiro atoms. The predicted molar refractivity (Wildman–Crippen MR) is 138 cm³/mol. The van der Waals surface area contributed by atoms with Crippen molar-refractivity contribution < 1.29 is 0 Å². The molecule has 0 aliphatic carbocycles. The van der Waals surface area contributed by atoms with Gasteiger partial charge in [0.2, 0.25) is 0 Å². The summed E-state index contributed by atoms with van der Waals surface area (Å²) in [7, 11) is 0. The number of nitrogens with zero attached hydrogens (tertiary/aromatic N) is 6. The van der Waals surface area contributed by atoms with Crippen molar-refractivity contribution in [1.82, 2.24) is 19.4 Å². The van der Waals surface area contributed by atoms with Crippen molar-refractivity contribution in [2.24, 2.45) is 0 Å². The topological polar surface area (TPSA) is 61.0 Å². The zero-order valence-corrected chi connectivity index (χ0v) is 19.9. The molecular weight excluding hydrogens is 432 g/mol. The van der Waals surface area contributed by atoms with Crippen LogP contribution in [0.25, 0.3) is 0 Å². The zero-order chi connectivity index (χ0) is 23.9. The maximum absolute atomic E-state index is 9.08. The van der Waals surface area contributed by atoms with Crippen LogP contribution in [0.2, 0.25) is 0 Å². The number of piperidine rings is 1. The molecule has 0 radical (unpaired) electrons. The Balaban J connectivity index is 1.31. The first-order valence-corrected chi connectivity index (χ1v) is 12.2. The van der Waals surface area contributed by atoms with Gasteiger partial charge < -0.3 is 9.47 Å². The van der Waals surface area contributed by atoms with Crippen LogP contribution in [0, 0.1) is 11.3 Å². The molecule has 1 aliphatic rings. The molecule has 3 heterocycles. The van der Waals surface area contributed by atoms with Gasteiger partial charge in [-0.25, -0.2) is 4.98 Å². The third-order valence-corrected chi connectivity index (χ3v) is 6.79. The average Bonchev–Trinajstić information content (AvgIpc) is 3.36. The maximum Gasteiger partial charge on any atom is 0.0991 e. The molecule has 1 fully saturated rings. The number of aromatic nitrogens is 3. The number of anilines is 1. The van der Waals surface area contributed by atoms with E-state index >= 15 is 0 Å². The Morgan fingerprint density at radius 1 is 0.914 bits per heavy atom. The second kappa shape index (κ2) is 11.0. The van der Waals surface area contributed by atoms with Gasteiger partial charge >= 0.3 is 0 Å². The summed E-state index contributed by atoms with van der Waals surface area (Å²) in [6, 6.07) is 27.3. The van der Waals surface area contributed by atoms with E-state index in [2.05, 4.69) is 72.9 Å². The van der Waals surface area contributed by atoms with Crippen molar-refractivity contribution >= 4 is 5.69 Å². The summed E-state index contributed by atoms with van der Waals surface area (Å²) in [4.78, 5) is 14.1. The summed E-state index contributed by atoms with van der Waals surface area (Å²) in [5.74, 6) is 0. The van der Waals surface area contributed by atoms with Gasteiger partial charge in [0.1, 0.15) is 0 Å². The number of hydrogen-bond acceptors (Lipinski definition) is 5. The highest BCUT2D eigenvalue weighted by Crippen LogP contribution is 2.25. The van der Waals surface area contributed by atoms with Gasteiger partial charge in [-0.1, -0.05) is 36.4 Å². The molecule has 6 heteroatoms. The number of para-hydroxylation sites is 1. The molecule has 1 aliphatic heterocycles. The molecule has 0 amide bonds. The lowest BCUT2D eigenvalue weighted by Crippen LogP contribution is -2.44. The molecule has 2 aromatic carbocycles. The minimum absolute atomic E-state index is 0.482. The van der Waals surface area contributed by atoms with Crippen molar-refractivity contribution in [3.8, 4) is 6.07 Å². The van der Waals surface area contributed by atoms with Crippen LogP contribution in [0.15, 0.2) is 91.5 Å². The van der Waals surface area contributed by atoms with Gasteiger partial charge in [0.25, 0.3) is 0 Å². The average molecular weight is 463 g/mol. The molecule has 0 unspecified atom stereocenters. The van der Waals surface area contributed by atoms with E-state index in [-0.39, 0.29) is 0 Å². The van der Waals surface area contributed by atoms with Crippen molar-refractivity contribution in [1.29, 1.82) is 5.26 Å². The Hall–Kier alpha value is -3.95. The van der Waals surface area contributed by atoms with Crippen LogP contribution in [-0.4, -0.2) is 38.6 Å². The van der Waals surface area contributed by atoms with Crippen molar-refractivity contribution in [2.45, 2.75) is 38.5 Å². The number of imidazole rings is 1. The van der Waals surface area contributed by atoms with Crippen LogP contribution in [-0.2, 0) is 19.6 Å². The third kappa shape index (κ3) is 5.76. The van der Waals surface area contributed by atoms with E-state index in [0.717, 1.165) is 56.8 Å². The van der Waals surface area contributed by atoms with Crippen molar-refractivity contribution in [3.63, 3.8) is 0 Å². The summed E-state index contributed by atoms with van der Waals surface area (Å²) in [6.07, 6.45) is 8.00. The predicted octanol–water partition coefficient (Wildman–Crippen LogP) is 4.87. The number of nitriles is 1. The van der Waals surface area contributed by atoms with E-state index in [9.17, 15) is 0 Å². The number of rotatable bonds is 8. The Morgan fingerprint density at radius 2 is 1.69 bits per heavy atom. The summed E-state index contributed by atoms with van der Waals surface area (Å²) < 4.78 is 2.21. The van der Waals surface area contributed by atoms with E-state index in [1.54, 1.807) is 0 Å². The van der Waals surface area contributed by atoms with Gasteiger partial charge in [-0.15, -0.1) is 0 Å². The maximum atomic E-state index is 9.08. The molecule has 0 N–H and O–H groups in total. The highest BCUT2D eigenvalue weighted by atomic mass is 15.2. The molecule has 176 valence electrons. The molecule has 4 aromatic rings. The highest BCUT2D eigenvalue weighted by molar-refractivity contribution is 5.46. The molecule has 5 rings (SSSR count). The number of pyridine rings is 1. The van der Waals surface area contributed by atoms with Crippen LogP contribution in [0.3, 0.4) is 0 Å². The molecule has 0 saturated carbocycles. The molecule has 1 saturated heterocycles. The van der Waals surface area contributed by atoms with Crippen LogP contribution >= 0.6 is 0 Å². The lowest BCUT2D eigenvalue weighted by atomic mass is 10.0. The van der Waals surface area contributed by atoms with Crippen LogP contribution in [0.4, 0.5) is 5.69 Å². The van der Waals surface area contributed by atoms with E-state index in [1.165, 1.54) is 11.4 Å². The molecule has 2 aromatic heterocycles. The lowest BCUT2D eigenvalue weighted by molar-refractivity contribution is 0.147. The Bertz CT molecular complexity index is 1240. The minimum atomic E-state index is 0.482. The third-order valence-electron chi connectivity index (χ3n) is 6.79. The van der Waals surface area contributed by atoms with Gasteiger partial charge in [-0.2, -0.15) is 5.26 Å². The van der Waals surface area contributed by atoms with Crippen molar-refractivity contribution in [2.75, 3.05) is 18.0 Å². The Labute approximate surface area is 207 Å². The number of hydrogen-bond donors (Lipinski definition) is 0. The van der Waals surface area contributed by atoms with Gasteiger partial charge in [-0.05, 0) is 54.8 Å². The second-order valence-electron chi connectivity index (χ2n) is 9.10. The quantitative estimate of drug-likeness (QED) is 0.374. The Morgan fingerprint density at radius 3 is 2.40 bits per heavy atom. The fourth-order valence-electron chi connectivity index (χ4n) is 4.85. The largest absolute Gasteiger partial charge is 0.371 e. The van der Waals surface area contributed by atoms with E-state index in [0.29, 0.717) is 11.6 Å². The van der Waals surface area contributed by atoms with Crippen LogP contribution < -0.4 is 4.90 Å². The monoisotopic (exact) mass is 462 g/mol. The summed E-state index contributed by atoms with van der Waals surface area (Å²) in [5, 5.41) is 9.08. The second-order valence-corrected chi connectivity index (χ2v) is 9.10. The van der Waals surface area contributed by atoms with Gasteiger partial charge in [0, 0.05) is 56.8 Å². The standard InChI is InChI=1S/C29H30N6/c30-18-24-9-11-25(12-10-24)20-35-23-31-19-29(35)22-34(21-26-6-4-5-15-32-26)28-13-16-33(17-14-28)27-7-2-1-3-8-27/h1-12,15,19,23,28H,13-14,16-17,20-22H2. The Kier molecular flexibility index (Phi) is 7.16. The smallest absolute Gasteiger partial charge is 0.0991 e. The van der Waals surface area contributed by atoms with Crippen LogP contribution in [0.1, 0.15) is 35.4 Å².